The summed E-state index contributed by atoms with van der Waals surface area (Å²) in [5, 5.41) is 8.83. The van der Waals surface area contributed by atoms with E-state index in [0.717, 1.165) is 12.8 Å². The Balaban J connectivity index is 2.33. The van der Waals surface area contributed by atoms with Crippen LogP contribution in [0.15, 0.2) is 0 Å². The van der Waals surface area contributed by atoms with Crippen molar-refractivity contribution >= 4 is 5.97 Å². The maximum Gasteiger partial charge on any atom is 0.333 e. The highest BCUT2D eigenvalue weighted by Gasteiger charge is 2.37. The van der Waals surface area contributed by atoms with Crippen molar-refractivity contribution in [3.63, 3.8) is 0 Å². The summed E-state index contributed by atoms with van der Waals surface area (Å²) in [7, 11) is 1.58. The van der Waals surface area contributed by atoms with E-state index in [1.165, 1.54) is 0 Å². The predicted octanol–water partition coefficient (Wildman–Crippen LogP) is 0.901. The van der Waals surface area contributed by atoms with E-state index >= 15 is 0 Å². The molecule has 1 rings (SSSR count). The van der Waals surface area contributed by atoms with Crippen molar-refractivity contribution in [3.8, 4) is 0 Å². The normalized spacial score (nSPS) is 21.1. The third-order valence-electron chi connectivity index (χ3n) is 2.07. The summed E-state index contributed by atoms with van der Waals surface area (Å²) in [6, 6.07) is 0. The van der Waals surface area contributed by atoms with Gasteiger partial charge >= 0.3 is 5.97 Å². The van der Waals surface area contributed by atoms with Crippen molar-refractivity contribution in [2.24, 2.45) is 5.92 Å². The number of aliphatic carboxylic acids is 1. The second-order valence-electron chi connectivity index (χ2n) is 3.50. The number of carboxylic acid groups (broad SMARTS) is 1. The van der Waals surface area contributed by atoms with Crippen molar-refractivity contribution in [2.45, 2.75) is 32.0 Å². The quantitative estimate of drug-likeness (QED) is 0.673. The minimum Gasteiger partial charge on any atom is -0.479 e. The molecule has 0 amide bonds. The SMILES string of the molecule is COCC(C)OC(C(=O)O)C1CC1. The third kappa shape index (κ3) is 3.32. The first-order valence-corrected chi connectivity index (χ1v) is 4.52. The second kappa shape index (κ2) is 4.58. The van der Waals surface area contributed by atoms with E-state index in [2.05, 4.69) is 0 Å². The first kappa shape index (κ1) is 10.5. The molecule has 1 aliphatic carbocycles. The van der Waals surface area contributed by atoms with E-state index in [-0.39, 0.29) is 12.0 Å². The van der Waals surface area contributed by atoms with Crippen LogP contribution in [-0.2, 0) is 14.3 Å². The van der Waals surface area contributed by atoms with Gasteiger partial charge in [-0.05, 0) is 25.7 Å². The van der Waals surface area contributed by atoms with E-state index in [4.69, 9.17) is 14.6 Å². The Hall–Kier alpha value is -0.610. The average Bonchev–Trinajstić information content (AvgIpc) is 2.82. The van der Waals surface area contributed by atoms with Gasteiger partial charge in [0.1, 0.15) is 0 Å². The van der Waals surface area contributed by atoms with Crippen LogP contribution in [0.4, 0.5) is 0 Å². The molecule has 1 aliphatic rings. The lowest BCUT2D eigenvalue weighted by Gasteiger charge is -2.18. The lowest BCUT2D eigenvalue weighted by atomic mass is 10.2. The van der Waals surface area contributed by atoms with E-state index in [0.29, 0.717) is 6.61 Å². The van der Waals surface area contributed by atoms with E-state index in [1.54, 1.807) is 7.11 Å². The Morgan fingerprint density at radius 2 is 2.23 bits per heavy atom. The van der Waals surface area contributed by atoms with Gasteiger partial charge in [-0.1, -0.05) is 0 Å². The third-order valence-corrected chi connectivity index (χ3v) is 2.07. The molecular weight excluding hydrogens is 172 g/mol. The fraction of sp³-hybridized carbons (Fsp3) is 0.889. The molecule has 0 aliphatic heterocycles. The summed E-state index contributed by atoms with van der Waals surface area (Å²) in [5.41, 5.74) is 0. The van der Waals surface area contributed by atoms with Crippen molar-refractivity contribution < 1.29 is 19.4 Å². The molecule has 4 heteroatoms. The molecule has 1 fully saturated rings. The largest absolute Gasteiger partial charge is 0.479 e. The Kier molecular flexibility index (Phi) is 3.69. The van der Waals surface area contributed by atoms with Crippen molar-refractivity contribution in [1.82, 2.24) is 0 Å². The van der Waals surface area contributed by atoms with Crippen LogP contribution in [0.2, 0.25) is 0 Å². The number of hydrogen-bond donors (Lipinski definition) is 1. The Bertz CT molecular complexity index is 176. The van der Waals surface area contributed by atoms with Crippen LogP contribution in [-0.4, -0.2) is 37.0 Å². The highest BCUT2D eigenvalue weighted by Crippen LogP contribution is 2.34. The molecular formula is C9H16O4. The highest BCUT2D eigenvalue weighted by molar-refractivity contribution is 5.73. The number of ether oxygens (including phenoxy) is 2. The molecule has 0 heterocycles. The maximum absolute atomic E-state index is 10.8. The average molecular weight is 188 g/mol. The molecule has 0 saturated heterocycles. The molecule has 13 heavy (non-hydrogen) atoms. The van der Waals surface area contributed by atoms with Gasteiger partial charge in [-0.3, -0.25) is 0 Å². The Labute approximate surface area is 77.8 Å². The van der Waals surface area contributed by atoms with Crippen LogP contribution in [0.1, 0.15) is 19.8 Å². The summed E-state index contributed by atoms with van der Waals surface area (Å²) in [6.45, 7) is 2.26. The monoisotopic (exact) mass is 188 g/mol. The summed E-state index contributed by atoms with van der Waals surface area (Å²) >= 11 is 0. The van der Waals surface area contributed by atoms with Crippen LogP contribution < -0.4 is 0 Å². The molecule has 0 spiro atoms. The lowest BCUT2D eigenvalue weighted by molar-refractivity contribution is -0.157. The van der Waals surface area contributed by atoms with Gasteiger partial charge in [0.25, 0.3) is 0 Å². The molecule has 0 bridgehead atoms. The first-order valence-electron chi connectivity index (χ1n) is 4.52. The van der Waals surface area contributed by atoms with Crippen molar-refractivity contribution in [3.05, 3.63) is 0 Å². The summed E-state index contributed by atoms with van der Waals surface area (Å²) < 4.78 is 10.2. The standard InChI is InChI=1S/C9H16O4/c1-6(5-12-2)13-8(9(10)11)7-3-4-7/h6-8H,3-5H2,1-2H3,(H,10,11). The summed E-state index contributed by atoms with van der Waals surface area (Å²) in [6.07, 6.45) is 1.16. The van der Waals surface area contributed by atoms with E-state index < -0.39 is 12.1 Å². The Morgan fingerprint density at radius 3 is 2.62 bits per heavy atom. The molecule has 0 aromatic carbocycles. The van der Waals surface area contributed by atoms with Crippen LogP contribution >= 0.6 is 0 Å². The fourth-order valence-electron chi connectivity index (χ4n) is 1.29. The van der Waals surface area contributed by atoms with Crippen LogP contribution in [0, 0.1) is 5.92 Å². The van der Waals surface area contributed by atoms with E-state index in [9.17, 15) is 4.79 Å². The molecule has 0 aromatic heterocycles. The molecule has 1 saturated carbocycles. The highest BCUT2D eigenvalue weighted by atomic mass is 16.5. The number of rotatable bonds is 6. The molecule has 2 unspecified atom stereocenters. The van der Waals surface area contributed by atoms with Gasteiger partial charge in [0, 0.05) is 7.11 Å². The van der Waals surface area contributed by atoms with Gasteiger partial charge in [0.05, 0.1) is 12.7 Å². The van der Waals surface area contributed by atoms with Crippen LogP contribution in [0.5, 0.6) is 0 Å². The zero-order valence-electron chi connectivity index (χ0n) is 8.03. The van der Waals surface area contributed by atoms with Crippen LogP contribution in [0.3, 0.4) is 0 Å². The minimum absolute atomic E-state index is 0.147. The molecule has 0 aromatic rings. The molecule has 0 radical (unpaired) electrons. The predicted molar refractivity (Wildman–Crippen MR) is 46.6 cm³/mol. The molecule has 4 nitrogen and oxygen atoms in total. The van der Waals surface area contributed by atoms with Crippen molar-refractivity contribution in [2.75, 3.05) is 13.7 Å². The summed E-state index contributed by atoms with van der Waals surface area (Å²) in [5.74, 6) is -0.637. The zero-order chi connectivity index (χ0) is 9.84. The lowest BCUT2D eigenvalue weighted by Crippen LogP contribution is -2.31. The topological polar surface area (TPSA) is 55.8 Å². The fourth-order valence-corrected chi connectivity index (χ4v) is 1.29. The van der Waals surface area contributed by atoms with Gasteiger partial charge in [-0.25, -0.2) is 4.79 Å². The minimum atomic E-state index is -0.856. The van der Waals surface area contributed by atoms with Gasteiger partial charge in [-0.15, -0.1) is 0 Å². The maximum atomic E-state index is 10.8. The van der Waals surface area contributed by atoms with E-state index in [1.807, 2.05) is 6.92 Å². The number of carboxylic acids is 1. The van der Waals surface area contributed by atoms with Gasteiger partial charge in [0.2, 0.25) is 0 Å². The second-order valence-corrected chi connectivity index (χ2v) is 3.50. The van der Waals surface area contributed by atoms with Crippen molar-refractivity contribution in [1.29, 1.82) is 0 Å². The zero-order valence-corrected chi connectivity index (χ0v) is 8.03. The smallest absolute Gasteiger partial charge is 0.333 e. The van der Waals surface area contributed by atoms with Gasteiger partial charge in [0.15, 0.2) is 6.10 Å². The number of carbonyl (C=O) groups is 1. The van der Waals surface area contributed by atoms with Gasteiger partial charge < -0.3 is 14.6 Å². The molecule has 1 N–H and O–H groups in total. The molecule has 2 atom stereocenters. The van der Waals surface area contributed by atoms with Crippen LogP contribution in [0.25, 0.3) is 0 Å². The number of hydrogen-bond acceptors (Lipinski definition) is 3. The van der Waals surface area contributed by atoms with Gasteiger partial charge in [-0.2, -0.15) is 0 Å². The first-order chi connectivity index (χ1) is 6.15. The molecule has 76 valence electrons. The number of methoxy groups -OCH3 is 1. The Morgan fingerprint density at radius 1 is 1.62 bits per heavy atom. The summed E-state index contributed by atoms with van der Waals surface area (Å²) in [4.78, 5) is 10.8.